The fraction of sp³-hybridized carbons (Fsp3) is 0.350. The van der Waals surface area contributed by atoms with Crippen molar-refractivity contribution < 1.29 is 32.2 Å². The van der Waals surface area contributed by atoms with Gasteiger partial charge < -0.3 is 25.3 Å². The number of nitrogen functional groups attached to an aromatic ring is 1. The second-order valence-corrected chi connectivity index (χ2v) is 5.85. The van der Waals surface area contributed by atoms with Gasteiger partial charge in [0, 0.05) is 16.9 Å². The molecule has 29 heavy (non-hydrogen) atoms. The van der Waals surface area contributed by atoms with Crippen LogP contribution in [0.25, 0.3) is 0 Å². The number of hydrogen-bond acceptors (Lipinski definition) is 5. The molecule has 0 aliphatic heterocycles. The number of hydrogen-bond donors (Lipinski definition) is 2. The summed E-state index contributed by atoms with van der Waals surface area (Å²) >= 11 is 0. The normalized spacial score (nSPS) is 11.1. The van der Waals surface area contributed by atoms with E-state index in [0.717, 1.165) is 12.1 Å². The quantitative estimate of drug-likeness (QED) is 0.612. The van der Waals surface area contributed by atoms with Crippen LogP contribution in [0.2, 0.25) is 0 Å². The number of nitrogens with one attached hydrogen (secondary N) is 1. The van der Waals surface area contributed by atoms with Crippen LogP contribution in [0, 0.1) is 0 Å². The maximum Gasteiger partial charge on any atom is 0.418 e. The highest BCUT2D eigenvalue weighted by atomic mass is 19.4. The third kappa shape index (κ3) is 5.46. The summed E-state index contributed by atoms with van der Waals surface area (Å²) in [7, 11) is 0. The second kappa shape index (κ2) is 9.40. The Balaban J connectivity index is 2.40. The van der Waals surface area contributed by atoms with E-state index in [2.05, 4.69) is 5.32 Å². The number of carbonyl (C=O) groups is 1. The zero-order valence-corrected chi connectivity index (χ0v) is 16.4. The highest BCUT2D eigenvalue weighted by molar-refractivity contribution is 6.05. The lowest BCUT2D eigenvalue weighted by Crippen LogP contribution is -2.15. The highest BCUT2D eigenvalue weighted by Gasteiger charge is 2.33. The van der Waals surface area contributed by atoms with Gasteiger partial charge in [-0.15, -0.1) is 0 Å². The number of ether oxygens (including phenoxy) is 3. The third-order valence-corrected chi connectivity index (χ3v) is 3.79. The van der Waals surface area contributed by atoms with Gasteiger partial charge in [0.15, 0.2) is 11.5 Å². The molecule has 2 aromatic carbocycles. The molecule has 158 valence electrons. The molecule has 0 aliphatic rings. The Morgan fingerprint density at radius 3 is 2.00 bits per heavy atom. The topological polar surface area (TPSA) is 82.8 Å². The average Bonchev–Trinajstić information content (AvgIpc) is 2.65. The lowest BCUT2D eigenvalue weighted by molar-refractivity contribution is -0.136. The Morgan fingerprint density at radius 1 is 0.966 bits per heavy atom. The number of nitrogens with two attached hydrogens (primary N) is 1. The van der Waals surface area contributed by atoms with Gasteiger partial charge >= 0.3 is 6.18 Å². The minimum Gasteiger partial charge on any atom is -0.490 e. The van der Waals surface area contributed by atoms with Crippen LogP contribution in [-0.2, 0) is 6.18 Å². The van der Waals surface area contributed by atoms with E-state index in [1.54, 1.807) is 20.8 Å². The van der Waals surface area contributed by atoms with Crippen molar-refractivity contribution in [1.29, 1.82) is 0 Å². The third-order valence-electron chi connectivity index (χ3n) is 3.79. The molecular formula is C20H23F3N2O4. The molecule has 2 aromatic rings. The molecule has 0 bridgehead atoms. The summed E-state index contributed by atoms with van der Waals surface area (Å²) in [4.78, 5) is 12.7. The van der Waals surface area contributed by atoms with E-state index < -0.39 is 23.3 Å². The summed E-state index contributed by atoms with van der Waals surface area (Å²) in [6.45, 7) is 6.35. The zero-order valence-electron chi connectivity index (χ0n) is 16.4. The largest absolute Gasteiger partial charge is 0.490 e. The van der Waals surface area contributed by atoms with Crippen molar-refractivity contribution in [1.82, 2.24) is 0 Å². The fourth-order valence-corrected chi connectivity index (χ4v) is 2.60. The van der Waals surface area contributed by atoms with Gasteiger partial charge in [-0.2, -0.15) is 13.2 Å². The highest BCUT2D eigenvalue weighted by Crippen LogP contribution is 2.39. The number of benzene rings is 2. The molecule has 1 amide bonds. The molecule has 0 spiro atoms. The van der Waals surface area contributed by atoms with E-state index in [4.69, 9.17) is 19.9 Å². The summed E-state index contributed by atoms with van der Waals surface area (Å²) in [5.41, 5.74) is 4.05. The van der Waals surface area contributed by atoms with Crippen LogP contribution in [-0.4, -0.2) is 25.7 Å². The molecule has 0 radical (unpaired) electrons. The molecule has 6 nitrogen and oxygen atoms in total. The number of halogens is 3. The van der Waals surface area contributed by atoms with E-state index in [-0.39, 0.29) is 11.3 Å². The molecule has 0 saturated heterocycles. The summed E-state index contributed by atoms with van der Waals surface area (Å²) in [6.07, 6.45) is -4.63. The number of carbonyl (C=O) groups excluding carboxylic acids is 1. The van der Waals surface area contributed by atoms with Gasteiger partial charge in [-0.05, 0) is 51.1 Å². The fourth-order valence-electron chi connectivity index (χ4n) is 2.60. The van der Waals surface area contributed by atoms with Crippen molar-refractivity contribution in [2.75, 3.05) is 30.9 Å². The molecule has 0 aliphatic carbocycles. The number of alkyl halides is 3. The van der Waals surface area contributed by atoms with Crippen molar-refractivity contribution in [3.05, 3.63) is 41.5 Å². The van der Waals surface area contributed by atoms with Crippen LogP contribution in [0.15, 0.2) is 30.3 Å². The molecule has 2 rings (SSSR count). The Morgan fingerprint density at radius 2 is 1.52 bits per heavy atom. The van der Waals surface area contributed by atoms with Gasteiger partial charge in [0.1, 0.15) is 0 Å². The molecular weight excluding hydrogens is 389 g/mol. The van der Waals surface area contributed by atoms with E-state index in [1.165, 1.54) is 18.2 Å². The monoisotopic (exact) mass is 412 g/mol. The van der Waals surface area contributed by atoms with Crippen molar-refractivity contribution in [2.24, 2.45) is 0 Å². The summed E-state index contributed by atoms with van der Waals surface area (Å²) in [5, 5.41) is 2.44. The van der Waals surface area contributed by atoms with Crippen LogP contribution >= 0.6 is 0 Å². The van der Waals surface area contributed by atoms with E-state index in [9.17, 15) is 18.0 Å². The number of amides is 1. The predicted molar refractivity (Wildman–Crippen MR) is 104 cm³/mol. The molecule has 0 heterocycles. The first-order chi connectivity index (χ1) is 13.7. The Kier molecular flexibility index (Phi) is 7.19. The van der Waals surface area contributed by atoms with Crippen LogP contribution in [0.1, 0.15) is 36.7 Å². The van der Waals surface area contributed by atoms with Gasteiger partial charge in [0.2, 0.25) is 5.75 Å². The molecule has 0 atom stereocenters. The van der Waals surface area contributed by atoms with Crippen LogP contribution in [0.3, 0.4) is 0 Å². The van der Waals surface area contributed by atoms with Crippen molar-refractivity contribution in [3.63, 3.8) is 0 Å². The number of rotatable bonds is 8. The molecule has 0 saturated carbocycles. The van der Waals surface area contributed by atoms with Crippen LogP contribution in [0.4, 0.5) is 24.5 Å². The lowest BCUT2D eigenvalue weighted by Gasteiger charge is -2.17. The van der Waals surface area contributed by atoms with Gasteiger partial charge in [-0.3, -0.25) is 4.79 Å². The SMILES string of the molecule is CCOc1cc(C(=O)Nc2ccc(N)c(C(F)(F)F)c2)cc(OCC)c1OCC. The Bertz CT molecular complexity index is 842. The van der Waals surface area contributed by atoms with Crippen molar-refractivity contribution >= 4 is 17.3 Å². The lowest BCUT2D eigenvalue weighted by atomic mass is 10.1. The van der Waals surface area contributed by atoms with Gasteiger partial charge in [-0.1, -0.05) is 0 Å². The first kappa shape index (κ1) is 22.2. The van der Waals surface area contributed by atoms with E-state index >= 15 is 0 Å². The Hall–Kier alpha value is -3.10. The maximum absolute atomic E-state index is 13.0. The first-order valence-electron chi connectivity index (χ1n) is 9.05. The van der Waals surface area contributed by atoms with Crippen molar-refractivity contribution in [3.8, 4) is 17.2 Å². The average molecular weight is 412 g/mol. The Labute approximate surface area is 166 Å². The van der Waals surface area contributed by atoms with Crippen LogP contribution < -0.4 is 25.3 Å². The summed E-state index contributed by atoms with van der Waals surface area (Å²) in [5.74, 6) is 0.338. The van der Waals surface area contributed by atoms with E-state index in [0.29, 0.717) is 37.1 Å². The molecule has 9 heteroatoms. The van der Waals surface area contributed by atoms with Gasteiger partial charge in [0.05, 0.1) is 25.4 Å². The maximum atomic E-state index is 13.0. The smallest absolute Gasteiger partial charge is 0.418 e. The summed E-state index contributed by atoms with van der Waals surface area (Å²) in [6, 6.07) is 6.08. The van der Waals surface area contributed by atoms with E-state index in [1.807, 2.05) is 0 Å². The molecule has 0 aromatic heterocycles. The predicted octanol–water partition coefficient (Wildman–Crippen LogP) is 4.74. The van der Waals surface area contributed by atoms with Crippen molar-refractivity contribution in [2.45, 2.75) is 26.9 Å². The molecule has 0 unspecified atom stereocenters. The first-order valence-corrected chi connectivity index (χ1v) is 9.05. The summed E-state index contributed by atoms with van der Waals surface area (Å²) < 4.78 is 55.8. The molecule has 3 N–H and O–H groups in total. The molecule has 0 fully saturated rings. The number of anilines is 2. The second-order valence-electron chi connectivity index (χ2n) is 5.85. The minimum atomic E-state index is -4.63. The standard InChI is InChI=1S/C20H23F3N2O4/c1-4-27-16-9-12(10-17(28-5-2)18(16)29-6-3)19(26)25-13-7-8-15(24)14(11-13)20(21,22)23/h7-11H,4-6,24H2,1-3H3,(H,25,26). The zero-order chi connectivity index (χ0) is 21.6. The van der Waals surface area contributed by atoms with Gasteiger partial charge in [-0.25, -0.2) is 0 Å². The minimum absolute atomic E-state index is 0.0404. The van der Waals surface area contributed by atoms with Gasteiger partial charge in [0.25, 0.3) is 5.91 Å². The van der Waals surface area contributed by atoms with Crippen LogP contribution in [0.5, 0.6) is 17.2 Å².